The Balaban J connectivity index is 1.30. The third kappa shape index (κ3) is 3.66. The number of anilines is 1. The van der Waals surface area contributed by atoms with Crippen LogP contribution in [0.15, 0.2) is 42.5 Å². The first kappa shape index (κ1) is 21.0. The van der Waals surface area contributed by atoms with Gasteiger partial charge in [-0.2, -0.15) is 0 Å². The van der Waals surface area contributed by atoms with Crippen molar-refractivity contribution >= 4 is 35.0 Å². The number of benzene rings is 2. The van der Waals surface area contributed by atoms with Crippen LogP contribution in [0.4, 0.5) is 5.69 Å². The number of hydrogen-bond donors (Lipinski definition) is 0. The molecule has 2 aromatic rings. The van der Waals surface area contributed by atoms with Crippen molar-refractivity contribution in [1.29, 1.82) is 0 Å². The zero-order valence-electron chi connectivity index (χ0n) is 17.9. The lowest BCUT2D eigenvalue weighted by atomic mass is 9.94. The highest BCUT2D eigenvalue weighted by atomic mass is 35.5. The topological polar surface area (TPSA) is 60.9 Å². The lowest BCUT2D eigenvalue weighted by molar-refractivity contribution is 0.0548. The zero-order chi connectivity index (χ0) is 22.2. The molecule has 0 atom stereocenters. The molecule has 0 unspecified atom stereocenters. The number of piperazine rings is 1. The van der Waals surface area contributed by atoms with E-state index in [0.29, 0.717) is 47.9 Å². The maximum absolute atomic E-state index is 13.2. The van der Waals surface area contributed by atoms with Crippen LogP contribution in [0.2, 0.25) is 5.02 Å². The Hall–Kier alpha value is -2.86. The van der Waals surface area contributed by atoms with Crippen molar-refractivity contribution in [2.24, 2.45) is 0 Å². The number of amides is 3. The Kier molecular flexibility index (Phi) is 5.64. The first-order chi connectivity index (χ1) is 15.5. The molecular formula is C25H26ClN3O3. The highest BCUT2D eigenvalue weighted by Crippen LogP contribution is 2.32. The van der Waals surface area contributed by atoms with Gasteiger partial charge in [0.05, 0.1) is 21.8 Å². The summed E-state index contributed by atoms with van der Waals surface area (Å²) in [5.74, 6) is -0.581. The largest absolute Gasteiger partial charge is 0.367 e. The fraction of sp³-hybridized carbons (Fsp3) is 0.400. The van der Waals surface area contributed by atoms with Crippen molar-refractivity contribution in [3.8, 4) is 0 Å². The van der Waals surface area contributed by atoms with Gasteiger partial charge in [0.15, 0.2) is 0 Å². The fourth-order valence-corrected chi connectivity index (χ4v) is 5.36. The minimum absolute atomic E-state index is 0.0202. The summed E-state index contributed by atoms with van der Waals surface area (Å²) in [7, 11) is 0. The molecule has 6 nitrogen and oxygen atoms in total. The second-order valence-electron chi connectivity index (χ2n) is 8.76. The SMILES string of the molecule is O=C(c1ccc2c(c1)C(=O)N(C1CCCCC1)C2=O)N1CCN(c2ccccc2Cl)CC1. The first-order valence-corrected chi connectivity index (χ1v) is 11.7. The number of rotatable bonds is 3. The summed E-state index contributed by atoms with van der Waals surface area (Å²) >= 11 is 6.31. The molecule has 166 valence electrons. The summed E-state index contributed by atoms with van der Waals surface area (Å²) in [4.78, 5) is 44.5. The minimum Gasteiger partial charge on any atom is -0.367 e. The van der Waals surface area contributed by atoms with Gasteiger partial charge in [0.25, 0.3) is 17.7 Å². The van der Waals surface area contributed by atoms with Crippen LogP contribution in [0.25, 0.3) is 0 Å². The molecule has 2 fully saturated rings. The second-order valence-corrected chi connectivity index (χ2v) is 9.17. The van der Waals surface area contributed by atoms with Gasteiger partial charge in [0.2, 0.25) is 0 Å². The molecule has 1 saturated heterocycles. The van der Waals surface area contributed by atoms with E-state index in [4.69, 9.17) is 11.6 Å². The van der Waals surface area contributed by atoms with Gasteiger partial charge in [0, 0.05) is 37.8 Å². The quantitative estimate of drug-likeness (QED) is 0.655. The molecule has 2 aromatic carbocycles. The van der Waals surface area contributed by atoms with Crippen LogP contribution in [0.5, 0.6) is 0 Å². The van der Waals surface area contributed by atoms with E-state index < -0.39 is 0 Å². The number of hydrogen-bond acceptors (Lipinski definition) is 4. The number of halogens is 1. The standard InChI is InChI=1S/C25H26ClN3O3/c26-21-8-4-5-9-22(21)27-12-14-28(15-13-27)23(30)17-10-11-19-20(16-17)25(32)29(24(19)31)18-6-2-1-3-7-18/h4-5,8-11,16,18H,1-3,6-7,12-15H2. The van der Waals surface area contributed by atoms with Gasteiger partial charge < -0.3 is 9.80 Å². The van der Waals surface area contributed by atoms with E-state index in [9.17, 15) is 14.4 Å². The molecule has 1 aliphatic carbocycles. The minimum atomic E-state index is -0.255. The average Bonchev–Trinajstić information content (AvgIpc) is 3.09. The number of para-hydroxylation sites is 1. The van der Waals surface area contributed by atoms with E-state index in [-0.39, 0.29) is 23.8 Å². The van der Waals surface area contributed by atoms with E-state index >= 15 is 0 Å². The maximum atomic E-state index is 13.2. The number of carbonyl (C=O) groups is 3. The Labute approximate surface area is 192 Å². The van der Waals surface area contributed by atoms with Crippen molar-refractivity contribution in [2.75, 3.05) is 31.1 Å². The van der Waals surface area contributed by atoms with Gasteiger partial charge in [-0.25, -0.2) is 0 Å². The van der Waals surface area contributed by atoms with Crippen molar-refractivity contribution in [1.82, 2.24) is 9.80 Å². The van der Waals surface area contributed by atoms with Gasteiger partial charge >= 0.3 is 0 Å². The van der Waals surface area contributed by atoms with Crippen LogP contribution in [0, 0.1) is 0 Å². The molecule has 5 rings (SSSR count). The molecule has 7 heteroatoms. The summed E-state index contributed by atoms with van der Waals surface area (Å²) in [5.41, 5.74) is 2.22. The van der Waals surface area contributed by atoms with Crippen LogP contribution in [0.1, 0.15) is 63.2 Å². The van der Waals surface area contributed by atoms with E-state index in [1.54, 1.807) is 23.1 Å². The molecule has 0 bridgehead atoms. The van der Waals surface area contributed by atoms with Crippen molar-refractivity contribution < 1.29 is 14.4 Å². The third-order valence-corrected chi connectivity index (χ3v) is 7.18. The Morgan fingerprint density at radius 1 is 0.844 bits per heavy atom. The molecule has 32 heavy (non-hydrogen) atoms. The van der Waals surface area contributed by atoms with Crippen molar-refractivity contribution in [3.63, 3.8) is 0 Å². The molecule has 3 amide bonds. The smallest absolute Gasteiger partial charge is 0.261 e. The second kappa shape index (κ2) is 8.58. The van der Waals surface area contributed by atoms with Crippen LogP contribution in [-0.2, 0) is 0 Å². The van der Waals surface area contributed by atoms with Crippen molar-refractivity contribution in [2.45, 2.75) is 38.1 Å². The Morgan fingerprint density at radius 3 is 2.25 bits per heavy atom. The third-order valence-electron chi connectivity index (χ3n) is 6.86. The summed E-state index contributed by atoms with van der Waals surface area (Å²) in [6.07, 6.45) is 4.98. The normalized spacial score (nSPS) is 19.5. The number of fused-ring (bicyclic) bond motifs is 1. The van der Waals surface area contributed by atoms with E-state index in [2.05, 4.69) is 4.90 Å². The molecule has 0 N–H and O–H groups in total. The maximum Gasteiger partial charge on any atom is 0.261 e. The zero-order valence-corrected chi connectivity index (χ0v) is 18.7. The summed E-state index contributed by atoms with van der Waals surface area (Å²) in [6, 6.07) is 12.6. The van der Waals surface area contributed by atoms with Gasteiger partial charge in [-0.1, -0.05) is 43.0 Å². The fourth-order valence-electron chi connectivity index (χ4n) is 5.10. The van der Waals surface area contributed by atoms with E-state index in [1.165, 1.54) is 4.90 Å². The molecule has 0 radical (unpaired) electrons. The van der Waals surface area contributed by atoms with Crippen LogP contribution in [0.3, 0.4) is 0 Å². The summed E-state index contributed by atoms with van der Waals surface area (Å²) in [6.45, 7) is 2.52. The average molecular weight is 452 g/mol. The molecule has 0 aromatic heterocycles. The lowest BCUT2D eigenvalue weighted by Crippen LogP contribution is -2.48. The number of nitrogens with zero attached hydrogens (tertiary/aromatic N) is 3. The molecule has 2 heterocycles. The van der Waals surface area contributed by atoms with E-state index in [1.807, 2.05) is 24.3 Å². The number of carbonyl (C=O) groups excluding carboxylic acids is 3. The van der Waals surface area contributed by atoms with Crippen LogP contribution >= 0.6 is 11.6 Å². The van der Waals surface area contributed by atoms with Gasteiger partial charge in [-0.05, 0) is 43.2 Å². The highest BCUT2D eigenvalue weighted by Gasteiger charge is 2.40. The van der Waals surface area contributed by atoms with Crippen LogP contribution < -0.4 is 4.90 Å². The number of imide groups is 1. The van der Waals surface area contributed by atoms with Gasteiger partial charge in [-0.15, -0.1) is 0 Å². The molecular weight excluding hydrogens is 426 g/mol. The summed E-state index contributed by atoms with van der Waals surface area (Å²) < 4.78 is 0. The molecule has 0 spiro atoms. The Bertz CT molecular complexity index is 1070. The monoisotopic (exact) mass is 451 g/mol. The lowest BCUT2D eigenvalue weighted by Gasteiger charge is -2.36. The van der Waals surface area contributed by atoms with Crippen molar-refractivity contribution in [3.05, 3.63) is 64.2 Å². The summed E-state index contributed by atoms with van der Waals surface area (Å²) in [5, 5.41) is 0.705. The predicted molar refractivity (Wildman–Crippen MR) is 123 cm³/mol. The van der Waals surface area contributed by atoms with E-state index in [0.717, 1.165) is 37.8 Å². The Morgan fingerprint density at radius 2 is 1.53 bits per heavy atom. The van der Waals surface area contributed by atoms with Crippen LogP contribution in [-0.4, -0.2) is 59.7 Å². The molecule has 1 saturated carbocycles. The van der Waals surface area contributed by atoms with Gasteiger partial charge in [0.1, 0.15) is 0 Å². The first-order valence-electron chi connectivity index (χ1n) is 11.4. The van der Waals surface area contributed by atoms with Gasteiger partial charge in [-0.3, -0.25) is 19.3 Å². The highest BCUT2D eigenvalue weighted by molar-refractivity contribution is 6.33. The molecule has 2 aliphatic heterocycles. The molecule has 3 aliphatic rings. The predicted octanol–water partition coefficient (Wildman–Crippen LogP) is 4.23.